The summed E-state index contributed by atoms with van der Waals surface area (Å²) in [6.07, 6.45) is 3.97. The predicted molar refractivity (Wildman–Crippen MR) is 77.5 cm³/mol. The molecular weight excluding hydrogens is 274 g/mol. The molecule has 0 atom stereocenters. The van der Waals surface area contributed by atoms with Gasteiger partial charge < -0.3 is 10.4 Å². The van der Waals surface area contributed by atoms with Crippen molar-refractivity contribution < 1.29 is 9.90 Å². The molecule has 5 nitrogen and oxygen atoms in total. The lowest BCUT2D eigenvalue weighted by molar-refractivity contribution is 0.0956. The summed E-state index contributed by atoms with van der Waals surface area (Å²) in [5.41, 5.74) is 0.708. The second kappa shape index (κ2) is 7.48. The SMILES string of the molecule is O=C(NCCn1cccn1)c1sccc1C#CCCO. The Kier molecular flexibility index (Phi) is 5.35. The second-order valence-corrected chi connectivity index (χ2v) is 4.88. The largest absolute Gasteiger partial charge is 0.395 e. The molecule has 2 aromatic rings. The van der Waals surface area contributed by atoms with Gasteiger partial charge in [0.2, 0.25) is 0 Å². The minimum Gasteiger partial charge on any atom is -0.395 e. The van der Waals surface area contributed by atoms with Crippen LogP contribution in [-0.4, -0.2) is 33.9 Å². The third kappa shape index (κ3) is 3.95. The van der Waals surface area contributed by atoms with Crippen LogP contribution in [0.4, 0.5) is 0 Å². The molecule has 0 unspecified atom stereocenters. The number of hydrogen-bond acceptors (Lipinski definition) is 4. The van der Waals surface area contributed by atoms with Crippen molar-refractivity contribution in [3.05, 3.63) is 40.3 Å². The number of carbonyl (C=O) groups excluding carboxylic acids is 1. The number of nitrogens with zero attached hydrogens (tertiary/aromatic N) is 2. The van der Waals surface area contributed by atoms with Gasteiger partial charge in [0.15, 0.2) is 0 Å². The fourth-order valence-corrected chi connectivity index (χ4v) is 2.36. The van der Waals surface area contributed by atoms with Crippen LogP contribution in [0.1, 0.15) is 21.7 Å². The molecule has 0 aliphatic carbocycles. The quantitative estimate of drug-likeness (QED) is 0.810. The standard InChI is InChI=1S/C14H15N3O2S/c18-10-2-1-4-12-5-11-20-13(12)14(19)15-7-9-17-8-3-6-16-17/h3,5-6,8,11,18H,2,7,9-10H2,(H,15,19). The van der Waals surface area contributed by atoms with Crippen LogP contribution in [0.15, 0.2) is 29.9 Å². The molecule has 2 heterocycles. The molecule has 0 aromatic carbocycles. The maximum Gasteiger partial charge on any atom is 0.262 e. The van der Waals surface area contributed by atoms with E-state index in [2.05, 4.69) is 22.3 Å². The Bertz CT molecular complexity index is 608. The number of aromatic nitrogens is 2. The first-order valence-corrected chi connectivity index (χ1v) is 7.12. The summed E-state index contributed by atoms with van der Waals surface area (Å²) >= 11 is 1.36. The van der Waals surface area contributed by atoms with E-state index < -0.39 is 0 Å². The zero-order valence-electron chi connectivity index (χ0n) is 10.9. The molecule has 2 N–H and O–H groups in total. The van der Waals surface area contributed by atoms with E-state index in [0.717, 1.165) is 0 Å². The van der Waals surface area contributed by atoms with Gasteiger partial charge in [-0.25, -0.2) is 0 Å². The Morgan fingerprint density at radius 1 is 1.55 bits per heavy atom. The Balaban J connectivity index is 1.89. The number of hydrogen-bond donors (Lipinski definition) is 2. The molecule has 0 fully saturated rings. The molecule has 2 rings (SSSR count). The number of thiophene rings is 1. The van der Waals surface area contributed by atoms with Crippen molar-refractivity contribution >= 4 is 17.2 Å². The predicted octanol–water partition coefficient (Wildman–Crippen LogP) is 1.11. The summed E-state index contributed by atoms with van der Waals surface area (Å²) in [6.45, 7) is 1.18. The maximum atomic E-state index is 12.0. The summed E-state index contributed by atoms with van der Waals surface area (Å²) in [6, 6.07) is 3.66. The topological polar surface area (TPSA) is 67.2 Å². The van der Waals surface area contributed by atoms with E-state index in [-0.39, 0.29) is 12.5 Å². The first kappa shape index (κ1) is 14.3. The van der Waals surface area contributed by atoms with Gasteiger partial charge in [0, 0.05) is 30.9 Å². The van der Waals surface area contributed by atoms with Crippen molar-refractivity contribution in [1.29, 1.82) is 0 Å². The molecule has 0 aliphatic heterocycles. The highest BCUT2D eigenvalue weighted by Gasteiger charge is 2.11. The zero-order chi connectivity index (χ0) is 14.2. The fraction of sp³-hybridized carbons (Fsp3) is 0.286. The van der Waals surface area contributed by atoms with Crippen molar-refractivity contribution in [2.24, 2.45) is 0 Å². The molecule has 0 radical (unpaired) electrons. The van der Waals surface area contributed by atoms with E-state index in [1.807, 2.05) is 23.7 Å². The Hall–Kier alpha value is -2.10. The third-order valence-corrected chi connectivity index (χ3v) is 3.43. The molecule has 2 aromatic heterocycles. The minimum absolute atomic E-state index is 0.0303. The van der Waals surface area contributed by atoms with E-state index in [9.17, 15) is 4.79 Å². The number of nitrogens with one attached hydrogen (secondary N) is 1. The van der Waals surface area contributed by atoms with E-state index in [4.69, 9.17) is 5.11 Å². The van der Waals surface area contributed by atoms with Gasteiger partial charge in [0.1, 0.15) is 4.88 Å². The number of aliphatic hydroxyl groups is 1. The molecule has 104 valence electrons. The lowest BCUT2D eigenvalue weighted by Crippen LogP contribution is -2.27. The summed E-state index contributed by atoms with van der Waals surface area (Å²) in [4.78, 5) is 12.6. The summed E-state index contributed by atoms with van der Waals surface area (Å²) in [5, 5.41) is 17.4. The number of aliphatic hydroxyl groups excluding tert-OH is 1. The molecule has 0 aliphatic rings. The fourth-order valence-electron chi connectivity index (χ4n) is 1.59. The van der Waals surface area contributed by atoms with Crippen LogP contribution in [0.5, 0.6) is 0 Å². The highest BCUT2D eigenvalue weighted by Crippen LogP contribution is 2.15. The van der Waals surface area contributed by atoms with Crippen LogP contribution in [0.3, 0.4) is 0 Å². The summed E-state index contributed by atoms with van der Waals surface area (Å²) in [5.74, 6) is 5.60. The molecule has 0 bridgehead atoms. The average Bonchev–Trinajstić information content (AvgIpc) is 3.10. The lowest BCUT2D eigenvalue weighted by atomic mass is 10.2. The number of carbonyl (C=O) groups is 1. The molecule has 0 spiro atoms. The maximum absolute atomic E-state index is 12.0. The molecule has 0 saturated carbocycles. The Morgan fingerprint density at radius 2 is 2.45 bits per heavy atom. The van der Waals surface area contributed by atoms with Crippen molar-refractivity contribution in [1.82, 2.24) is 15.1 Å². The van der Waals surface area contributed by atoms with E-state index >= 15 is 0 Å². The average molecular weight is 289 g/mol. The van der Waals surface area contributed by atoms with Crippen molar-refractivity contribution in [2.75, 3.05) is 13.2 Å². The Morgan fingerprint density at radius 3 is 3.20 bits per heavy atom. The summed E-state index contributed by atoms with van der Waals surface area (Å²) in [7, 11) is 0. The normalized spacial score (nSPS) is 9.85. The van der Waals surface area contributed by atoms with Crippen molar-refractivity contribution in [2.45, 2.75) is 13.0 Å². The van der Waals surface area contributed by atoms with Gasteiger partial charge in [-0.15, -0.1) is 11.3 Å². The zero-order valence-corrected chi connectivity index (χ0v) is 11.7. The monoisotopic (exact) mass is 289 g/mol. The van der Waals surface area contributed by atoms with Gasteiger partial charge in [-0.2, -0.15) is 5.10 Å². The van der Waals surface area contributed by atoms with Crippen LogP contribution in [0, 0.1) is 11.8 Å². The third-order valence-electron chi connectivity index (χ3n) is 2.52. The van der Waals surface area contributed by atoms with Crippen LogP contribution in [-0.2, 0) is 6.54 Å². The second-order valence-electron chi connectivity index (χ2n) is 3.96. The van der Waals surface area contributed by atoms with Crippen LogP contribution >= 0.6 is 11.3 Å². The van der Waals surface area contributed by atoms with Gasteiger partial charge in [-0.1, -0.05) is 11.8 Å². The molecule has 0 saturated heterocycles. The first-order chi connectivity index (χ1) is 9.81. The molecule has 20 heavy (non-hydrogen) atoms. The lowest BCUT2D eigenvalue weighted by Gasteiger charge is -2.04. The minimum atomic E-state index is -0.125. The van der Waals surface area contributed by atoms with Gasteiger partial charge in [0.05, 0.1) is 13.2 Å². The van der Waals surface area contributed by atoms with Gasteiger partial charge in [-0.3, -0.25) is 9.48 Å². The smallest absolute Gasteiger partial charge is 0.262 e. The van der Waals surface area contributed by atoms with Crippen LogP contribution in [0.25, 0.3) is 0 Å². The van der Waals surface area contributed by atoms with E-state index in [1.54, 1.807) is 10.9 Å². The van der Waals surface area contributed by atoms with E-state index in [0.29, 0.717) is 30.0 Å². The molecular formula is C14H15N3O2S. The summed E-state index contributed by atoms with van der Waals surface area (Å²) < 4.78 is 1.76. The van der Waals surface area contributed by atoms with E-state index in [1.165, 1.54) is 11.3 Å². The van der Waals surface area contributed by atoms with Crippen molar-refractivity contribution in [3.8, 4) is 11.8 Å². The van der Waals surface area contributed by atoms with Gasteiger partial charge in [-0.05, 0) is 17.5 Å². The number of rotatable bonds is 5. The Labute approximate surface area is 121 Å². The van der Waals surface area contributed by atoms with Crippen molar-refractivity contribution in [3.63, 3.8) is 0 Å². The number of amides is 1. The molecule has 6 heteroatoms. The van der Waals surface area contributed by atoms with Crippen LogP contribution < -0.4 is 5.32 Å². The highest BCUT2D eigenvalue weighted by atomic mass is 32.1. The van der Waals surface area contributed by atoms with Gasteiger partial charge in [0.25, 0.3) is 5.91 Å². The van der Waals surface area contributed by atoms with Crippen LogP contribution in [0.2, 0.25) is 0 Å². The molecule has 1 amide bonds. The van der Waals surface area contributed by atoms with Gasteiger partial charge >= 0.3 is 0 Å². The highest BCUT2D eigenvalue weighted by molar-refractivity contribution is 7.12. The first-order valence-electron chi connectivity index (χ1n) is 6.24.